The van der Waals surface area contributed by atoms with Gasteiger partial charge in [-0.1, -0.05) is 108 Å². The summed E-state index contributed by atoms with van der Waals surface area (Å²) in [4.78, 5) is 16.7. The minimum absolute atomic E-state index is 0.750. The Labute approximate surface area is 159 Å². The molecule has 0 aliphatic carbocycles. The molecule has 0 amide bonds. The van der Waals surface area contributed by atoms with E-state index < -0.39 is 0 Å². The molecule has 146 valence electrons. The van der Waals surface area contributed by atoms with Crippen molar-refractivity contribution in [3.8, 4) is 0 Å². The summed E-state index contributed by atoms with van der Waals surface area (Å²) in [6.45, 7) is 2.29. The number of hydrogen-bond donors (Lipinski definition) is 2. The molecule has 0 radical (unpaired) electrons. The Bertz CT molecular complexity index is 436. The Morgan fingerprint density at radius 2 is 1.00 bits per heavy atom. The number of benzene rings is 1. The van der Waals surface area contributed by atoms with Crippen molar-refractivity contribution < 1.29 is 9.59 Å². The molecular weight excluding hydrogens is 324 g/mol. The van der Waals surface area contributed by atoms with Gasteiger partial charge in [-0.2, -0.15) is 0 Å². The van der Waals surface area contributed by atoms with E-state index in [0.29, 0.717) is 0 Å². The van der Waals surface area contributed by atoms with Crippen LogP contribution < -0.4 is 0 Å². The van der Waals surface area contributed by atoms with Crippen molar-refractivity contribution in [1.82, 2.24) is 0 Å². The molecule has 0 spiro atoms. The van der Waals surface area contributed by atoms with Gasteiger partial charge >= 0.3 is 0 Å². The van der Waals surface area contributed by atoms with Crippen LogP contribution in [0.5, 0.6) is 0 Å². The monoisotopic (exact) mass is 360 g/mol. The number of unbranched alkanes of at least 4 members (excludes halogenated alkanes) is 11. The second kappa shape index (κ2) is 25.2. The number of nitrogens with one attached hydrogen (secondary N) is 2. The number of carbonyl (C=O) groups excluding carboxylic acids is 2. The first-order chi connectivity index (χ1) is 12.8. The lowest BCUT2D eigenvalue weighted by molar-refractivity contribution is 0.544. The maximum absolute atomic E-state index is 8.35. The standard InChI is InChI=1S/C20H34.2CHNO/c1-2-3-4-5-6-7-8-9-10-11-12-14-17-20-18-15-13-16-19-20;2*2-1-3/h13,15-16,18-19H,2-12,14,17H2,1H3;2*2H. The van der Waals surface area contributed by atoms with E-state index in [1.165, 1.54) is 89.0 Å². The zero-order valence-corrected chi connectivity index (χ0v) is 16.4. The molecule has 1 aromatic carbocycles. The van der Waals surface area contributed by atoms with Gasteiger partial charge in [0, 0.05) is 0 Å². The van der Waals surface area contributed by atoms with Gasteiger partial charge in [0.15, 0.2) is 0 Å². The van der Waals surface area contributed by atoms with E-state index in [1.807, 2.05) is 0 Å². The summed E-state index contributed by atoms with van der Waals surface area (Å²) in [5.41, 5.74) is 1.50. The highest BCUT2D eigenvalue weighted by molar-refractivity contribution is 5.26. The molecule has 0 aliphatic heterocycles. The van der Waals surface area contributed by atoms with Crippen LogP contribution in [0.3, 0.4) is 0 Å². The summed E-state index contributed by atoms with van der Waals surface area (Å²) in [6.07, 6.45) is 20.0. The molecule has 0 aliphatic rings. The lowest BCUT2D eigenvalue weighted by Crippen LogP contribution is -1.86. The van der Waals surface area contributed by atoms with Crippen molar-refractivity contribution >= 4 is 12.2 Å². The SMILES string of the molecule is CCCCCCCCCCCCCCc1ccccc1.N=C=O.N=C=O. The van der Waals surface area contributed by atoms with Crippen LogP contribution in [-0.4, -0.2) is 12.2 Å². The van der Waals surface area contributed by atoms with Gasteiger partial charge in [0.05, 0.1) is 0 Å². The Hall–Kier alpha value is -2.02. The van der Waals surface area contributed by atoms with Gasteiger partial charge in [-0.05, 0) is 18.4 Å². The molecule has 1 aromatic rings. The molecule has 26 heavy (non-hydrogen) atoms. The third kappa shape index (κ3) is 24.2. The summed E-state index contributed by atoms with van der Waals surface area (Å²) >= 11 is 0. The van der Waals surface area contributed by atoms with Crippen LogP contribution in [0.4, 0.5) is 0 Å². The highest BCUT2D eigenvalue weighted by Crippen LogP contribution is 2.13. The maximum atomic E-state index is 8.35. The van der Waals surface area contributed by atoms with Gasteiger partial charge < -0.3 is 0 Å². The van der Waals surface area contributed by atoms with E-state index in [0.717, 1.165) is 12.2 Å². The molecule has 0 heterocycles. The maximum Gasteiger partial charge on any atom is 0.231 e. The fraction of sp³-hybridized carbons (Fsp3) is 0.636. The summed E-state index contributed by atoms with van der Waals surface area (Å²) in [5, 5.41) is 10.8. The fourth-order valence-corrected chi connectivity index (χ4v) is 2.81. The van der Waals surface area contributed by atoms with Gasteiger partial charge in [-0.25, -0.2) is 20.4 Å². The minimum Gasteiger partial charge on any atom is -0.222 e. The van der Waals surface area contributed by atoms with Crippen LogP contribution in [0.2, 0.25) is 0 Å². The molecule has 2 N–H and O–H groups in total. The van der Waals surface area contributed by atoms with Gasteiger partial charge in [-0.3, -0.25) is 0 Å². The van der Waals surface area contributed by atoms with E-state index >= 15 is 0 Å². The molecule has 4 heteroatoms. The van der Waals surface area contributed by atoms with Crippen LogP contribution in [0, 0.1) is 10.8 Å². The van der Waals surface area contributed by atoms with E-state index in [4.69, 9.17) is 20.4 Å². The van der Waals surface area contributed by atoms with Crippen LogP contribution in [0.25, 0.3) is 0 Å². The number of rotatable bonds is 13. The van der Waals surface area contributed by atoms with Crippen LogP contribution in [0.1, 0.15) is 89.5 Å². The van der Waals surface area contributed by atoms with E-state index in [9.17, 15) is 0 Å². The minimum atomic E-state index is 0.750. The summed E-state index contributed by atoms with van der Waals surface area (Å²) in [5.74, 6) is 0. The molecule has 1 rings (SSSR count). The summed E-state index contributed by atoms with van der Waals surface area (Å²) < 4.78 is 0. The number of aryl methyl sites for hydroxylation is 1. The molecule has 0 saturated heterocycles. The smallest absolute Gasteiger partial charge is 0.222 e. The summed E-state index contributed by atoms with van der Waals surface area (Å²) in [6, 6.07) is 10.9. The average molecular weight is 361 g/mol. The Kier molecular flexibility index (Phi) is 25.4. The molecular formula is C22H36N2O2. The molecule has 0 atom stereocenters. The van der Waals surface area contributed by atoms with Crippen molar-refractivity contribution in [3.63, 3.8) is 0 Å². The topological polar surface area (TPSA) is 81.8 Å². The second-order valence-corrected chi connectivity index (χ2v) is 6.33. The van der Waals surface area contributed by atoms with Crippen molar-refractivity contribution in [2.24, 2.45) is 0 Å². The first-order valence-corrected chi connectivity index (χ1v) is 9.88. The molecule has 0 fully saturated rings. The molecule has 0 aromatic heterocycles. The summed E-state index contributed by atoms with van der Waals surface area (Å²) in [7, 11) is 0. The molecule has 4 nitrogen and oxygen atoms in total. The first kappa shape index (κ1) is 26.2. The quantitative estimate of drug-likeness (QED) is 0.232. The third-order valence-electron chi connectivity index (χ3n) is 4.16. The highest BCUT2D eigenvalue weighted by Gasteiger charge is 1.94. The predicted octanol–water partition coefficient (Wildman–Crippen LogP) is 6.73. The molecule has 0 saturated carbocycles. The Balaban J connectivity index is 0. The Morgan fingerprint density at radius 3 is 1.38 bits per heavy atom. The van der Waals surface area contributed by atoms with Gasteiger partial charge in [-0.15, -0.1) is 0 Å². The van der Waals surface area contributed by atoms with Gasteiger partial charge in [0.2, 0.25) is 12.2 Å². The highest BCUT2D eigenvalue weighted by atomic mass is 16.1. The van der Waals surface area contributed by atoms with Gasteiger partial charge in [0.1, 0.15) is 0 Å². The Morgan fingerprint density at radius 1 is 0.654 bits per heavy atom. The van der Waals surface area contributed by atoms with Gasteiger partial charge in [0.25, 0.3) is 0 Å². The predicted molar refractivity (Wildman–Crippen MR) is 108 cm³/mol. The average Bonchev–Trinajstić information content (AvgIpc) is 2.65. The van der Waals surface area contributed by atoms with E-state index in [2.05, 4.69) is 37.3 Å². The lowest BCUT2D eigenvalue weighted by Gasteiger charge is -2.03. The van der Waals surface area contributed by atoms with E-state index in [-0.39, 0.29) is 0 Å². The van der Waals surface area contributed by atoms with E-state index in [1.54, 1.807) is 0 Å². The zero-order chi connectivity index (χ0) is 19.7. The zero-order valence-electron chi connectivity index (χ0n) is 16.4. The van der Waals surface area contributed by atoms with Crippen LogP contribution in [0.15, 0.2) is 30.3 Å². The van der Waals surface area contributed by atoms with Crippen LogP contribution in [-0.2, 0) is 16.0 Å². The molecule has 0 unspecified atom stereocenters. The third-order valence-corrected chi connectivity index (χ3v) is 4.16. The van der Waals surface area contributed by atoms with Crippen molar-refractivity contribution in [3.05, 3.63) is 35.9 Å². The first-order valence-electron chi connectivity index (χ1n) is 9.88. The molecule has 0 bridgehead atoms. The normalized spacial score (nSPS) is 8.96. The second-order valence-electron chi connectivity index (χ2n) is 6.33. The lowest BCUT2D eigenvalue weighted by atomic mass is 10.0. The van der Waals surface area contributed by atoms with Crippen LogP contribution >= 0.6 is 0 Å². The largest absolute Gasteiger partial charge is 0.231 e. The van der Waals surface area contributed by atoms with Crippen molar-refractivity contribution in [2.45, 2.75) is 90.4 Å². The van der Waals surface area contributed by atoms with Crippen molar-refractivity contribution in [1.29, 1.82) is 10.8 Å². The van der Waals surface area contributed by atoms with Crippen molar-refractivity contribution in [2.75, 3.05) is 0 Å². The fourth-order valence-electron chi connectivity index (χ4n) is 2.81. The number of isocyanates is 2. The number of hydrogen-bond acceptors (Lipinski definition) is 4.